The van der Waals surface area contributed by atoms with Crippen LogP contribution in [0.1, 0.15) is 18.1 Å². The standard InChI is InChI=1S/C16H16N2O4S/c1-3-5-10-6-9(8-12(13(10)19)22-4-2)7-11-14(20)17-16(23)18-15(11)21/h3,6-8,19H,1,4-5H2,2H3,(H2,17,18,20,21,23). The molecule has 0 aliphatic carbocycles. The van der Waals surface area contributed by atoms with E-state index in [9.17, 15) is 14.7 Å². The summed E-state index contributed by atoms with van der Waals surface area (Å²) in [5.41, 5.74) is 1.07. The maximum atomic E-state index is 11.9. The first-order valence-corrected chi connectivity index (χ1v) is 7.35. The van der Waals surface area contributed by atoms with Crippen molar-refractivity contribution in [3.8, 4) is 11.5 Å². The van der Waals surface area contributed by atoms with Crippen LogP contribution >= 0.6 is 12.2 Å². The van der Waals surface area contributed by atoms with Crippen LogP contribution in [0.4, 0.5) is 0 Å². The molecule has 0 radical (unpaired) electrons. The smallest absolute Gasteiger partial charge is 0.263 e. The molecular weight excluding hydrogens is 316 g/mol. The molecule has 6 nitrogen and oxygen atoms in total. The summed E-state index contributed by atoms with van der Waals surface area (Å²) in [6, 6.07) is 3.23. The second-order valence-electron chi connectivity index (χ2n) is 4.75. The maximum absolute atomic E-state index is 11.9. The number of hydrogen-bond donors (Lipinski definition) is 3. The molecule has 0 atom stereocenters. The summed E-state index contributed by atoms with van der Waals surface area (Å²) in [7, 11) is 0. The topological polar surface area (TPSA) is 87.7 Å². The van der Waals surface area contributed by atoms with Crippen LogP contribution in [0.2, 0.25) is 0 Å². The highest BCUT2D eigenvalue weighted by Gasteiger charge is 2.25. The fourth-order valence-electron chi connectivity index (χ4n) is 2.12. The summed E-state index contributed by atoms with van der Waals surface area (Å²) in [4.78, 5) is 23.8. The van der Waals surface area contributed by atoms with Crippen molar-refractivity contribution in [2.75, 3.05) is 6.61 Å². The first-order valence-electron chi connectivity index (χ1n) is 6.94. The highest BCUT2D eigenvalue weighted by Crippen LogP contribution is 2.33. The Bertz CT molecular complexity index is 703. The Morgan fingerprint density at radius 3 is 2.52 bits per heavy atom. The molecule has 0 spiro atoms. The van der Waals surface area contributed by atoms with Gasteiger partial charge in [0.1, 0.15) is 5.57 Å². The Kier molecular flexibility index (Phi) is 5.13. The largest absolute Gasteiger partial charge is 0.504 e. The van der Waals surface area contributed by atoms with Crippen molar-refractivity contribution in [3.63, 3.8) is 0 Å². The highest BCUT2D eigenvalue weighted by molar-refractivity contribution is 7.80. The van der Waals surface area contributed by atoms with Gasteiger partial charge >= 0.3 is 0 Å². The number of phenols is 1. The van der Waals surface area contributed by atoms with E-state index in [1.165, 1.54) is 6.08 Å². The molecule has 7 heteroatoms. The molecule has 120 valence electrons. The Balaban J connectivity index is 2.47. The van der Waals surface area contributed by atoms with Gasteiger partial charge in [-0.3, -0.25) is 20.2 Å². The van der Waals surface area contributed by atoms with Crippen molar-refractivity contribution >= 4 is 35.2 Å². The number of ether oxygens (including phenoxy) is 1. The van der Waals surface area contributed by atoms with Gasteiger partial charge in [0, 0.05) is 5.56 Å². The third-order valence-electron chi connectivity index (χ3n) is 3.09. The number of carbonyl (C=O) groups excluding carboxylic acids is 2. The summed E-state index contributed by atoms with van der Waals surface area (Å²) in [6.07, 6.45) is 3.48. The molecule has 1 aromatic rings. The first-order chi connectivity index (χ1) is 11.0. The zero-order valence-electron chi connectivity index (χ0n) is 12.5. The van der Waals surface area contributed by atoms with Gasteiger partial charge in [0.05, 0.1) is 6.61 Å². The molecule has 23 heavy (non-hydrogen) atoms. The number of phenolic OH excluding ortho intramolecular Hbond substituents is 1. The third-order valence-corrected chi connectivity index (χ3v) is 3.30. The van der Waals surface area contributed by atoms with E-state index in [4.69, 9.17) is 17.0 Å². The number of rotatable bonds is 5. The van der Waals surface area contributed by atoms with Crippen LogP contribution in [-0.2, 0) is 16.0 Å². The van der Waals surface area contributed by atoms with E-state index in [2.05, 4.69) is 17.2 Å². The van der Waals surface area contributed by atoms with Crippen molar-refractivity contribution in [2.24, 2.45) is 0 Å². The number of amides is 2. The highest BCUT2D eigenvalue weighted by atomic mass is 32.1. The van der Waals surface area contributed by atoms with Gasteiger partial charge in [-0.15, -0.1) is 6.58 Å². The van der Waals surface area contributed by atoms with E-state index in [0.717, 1.165) is 0 Å². The third kappa shape index (κ3) is 3.75. The predicted molar refractivity (Wildman–Crippen MR) is 90.0 cm³/mol. The van der Waals surface area contributed by atoms with E-state index in [1.54, 1.807) is 25.1 Å². The van der Waals surface area contributed by atoms with Gasteiger partial charge in [-0.25, -0.2) is 0 Å². The average Bonchev–Trinajstić information content (AvgIpc) is 2.48. The second kappa shape index (κ2) is 7.06. The van der Waals surface area contributed by atoms with Crippen LogP contribution in [0.25, 0.3) is 6.08 Å². The molecule has 1 saturated heterocycles. The molecule has 2 rings (SSSR count). The van der Waals surface area contributed by atoms with Gasteiger partial charge in [-0.1, -0.05) is 6.08 Å². The van der Waals surface area contributed by atoms with Crippen LogP contribution in [0, 0.1) is 0 Å². The monoisotopic (exact) mass is 332 g/mol. The van der Waals surface area contributed by atoms with Crippen LogP contribution < -0.4 is 15.4 Å². The maximum Gasteiger partial charge on any atom is 0.263 e. The van der Waals surface area contributed by atoms with Gasteiger partial charge in [0.25, 0.3) is 11.8 Å². The second-order valence-corrected chi connectivity index (χ2v) is 5.16. The Labute approximate surface area is 138 Å². The molecule has 1 fully saturated rings. The van der Waals surface area contributed by atoms with Gasteiger partial charge in [-0.05, 0) is 49.3 Å². The molecule has 0 saturated carbocycles. The molecule has 0 aromatic heterocycles. The summed E-state index contributed by atoms with van der Waals surface area (Å²) in [5.74, 6) is -0.844. The molecule has 1 heterocycles. The fraction of sp³-hybridized carbons (Fsp3) is 0.188. The Hall–Kier alpha value is -2.67. The molecule has 1 aliphatic rings. The minimum absolute atomic E-state index is 0.0209. The lowest BCUT2D eigenvalue weighted by molar-refractivity contribution is -0.123. The lowest BCUT2D eigenvalue weighted by Crippen LogP contribution is -2.51. The zero-order valence-corrected chi connectivity index (χ0v) is 13.3. The number of benzene rings is 1. The van der Waals surface area contributed by atoms with Gasteiger partial charge in [-0.2, -0.15) is 0 Å². The van der Waals surface area contributed by atoms with Crippen LogP contribution in [0.5, 0.6) is 11.5 Å². The lowest BCUT2D eigenvalue weighted by atomic mass is 10.0. The van der Waals surface area contributed by atoms with Gasteiger partial charge < -0.3 is 9.84 Å². The minimum atomic E-state index is -0.574. The predicted octanol–water partition coefficient (Wildman–Crippen LogP) is 1.43. The summed E-state index contributed by atoms with van der Waals surface area (Å²) >= 11 is 4.75. The molecular formula is C16H16N2O4S. The van der Waals surface area contributed by atoms with Crippen LogP contribution in [-0.4, -0.2) is 28.6 Å². The average molecular weight is 332 g/mol. The number of aromatic hydroxyl groups is 1. The minimum Gasteiger partial charge on any atom is -0.504 e. The normalized spacial score (nSPS) is 14.1. The molecule has 0 unspecified atom stereocenters. The van der Waals surface area contributed by atoms with E-state index >= 15 is 0 Å². The van der Waals surface area contributed by atoms with Gasteiger partial charge in [0.2, 0.25) is 0 Å². The van der Waals surface area contributed by atoms with Crippen LogP contribution in [0.15, 0.2) is 30.4 Å². The zero-order chi connectivity index (χ0) is 17.0. The van der Waals surface area contributed by atoms with Crippen molar-refractivity contribution in [3.05, 3.63) is 41.5 Å². The Morgan fingerprint density at radius 2 is 1.96 bits per heavy atom. The molecule has 3 N–H and O–H groups in total. The van der Waals surface area contributed by atoms with Crippen molar-refractivity contribution in [2.45, 2.75) is 13.3 Å². The van der Waals surface area contributed by atoms with Crippen molar-refractivity contribution in [1.82, 2.24) is 10.6 Å². The van der Waals surface area contributed by atoms with E-state index in [0.29, 0.717) is 24.2 Å². The Morgan fingerprint density at radius 1 is 1.30 bits per heavy atom. The van der Waals surface area contributed by atoms with E-state index in [1.807, 2.05) is 0 Å². The van der Waals surface area contributed by atoms with Gasteiger partial charge in [0.15, 0.2) is 16.6 Å². The van der Waals surface area contributed by atoms with Crippen molar-refractivity contribution < 1.29 is 19.4 Å². The summed E-state index contributed by atoms with van der Waals surface area (Å²) in [5, 5.41) is 14.9. The quantitative estimate of drug-likeness (QED) is 0.329. The molecule has 1 aromatic carbocycles. The number of nitrogens with one attached hydrogen (secondary N) is 2. The molecule has 0 bridgehead atoms. The van der Waals surface area contributed by atoms with E-state index in [-0.39, 0.29) is 22.2 Å². The molecule has 1 aliphatic heterocycles. The SMILES string of the molecule is C=CCc1cc(C=C2C(=O)NC(=S)NC2=O)cc(OCC)c1O. The lowest BCUT2D eigenvalue weighted by Gasteiger charge is -2.17. The van der Waals surface area contributed by atoms with E-state index < -0.39 is 11.8 Å². The number of carbonyl (C=O) groups is 2. The first kappa shape index (κ1) is 16.7. The number of thiocarbonyl (C=S) groups is 1. The number of hydrogen-bond acceptors (Lipinski definition) is 5. The summed E-state index contributed by atoms with van der Waals surface area (Å²) in [6.45, 7) is 5.80. The van der Waals surface area contributed by atoms with Crippen LogP contribution in [0.3, 0.4) is 0 Å². The number of allylic oxidation sites excluding steroid dienone is 1. The summed E-state index contributed by atoms with van der Waals surface area (Å²) < 4.78 is 5.39. The fourth-order valence-corrected chi connectivity index (χ4v) is 2.31. The molecule has 2 amide bonds. The van der Waals surface area contributed by atoms with Crippen molar-refractivity contribution in [1.29, 1.82) is 0 Å².